The molecule has 0 fully saturated rings. The van der Waals surface area contributed by atoms with Crippen LogP contribution >= 0.6 is 11.6 Å². The van der Waals surface area contributed by atoms with Gasteiger partial charge in [-0.25, -0.2) is 0 Å². The molecule has 2 aromatic carbocycles. The SMILES string of the molecule is O=S1(=O)N=CNc2c(Oc3ccccc3Cl)cccc21. The number of ether oxygens (including phenoxy) is 1. The number of hydrogen-bond donors (Lipinski definition) is 1. The van der Waals surface area contributed by atoms with Crippen LogP contribution in [0.3, 0.4) is 0 Å². The summed E-state index contributed by atoms with van der Waals surface area (Å²) in [7, 11) is -3.67. The number of nitrogens with one attached hydrogen (secondary N) is 1. The number of sulfonamides is 1. The van der Waals surface area contributed by atoms with E-state index in [0.29, 0.717) is 22.2 Å². The van der Waals surface area contributed by atoms with Crippen molar-refractivity contribution in [3.63, 3.8) is 0 Å². The topological polar surface area (TPSA) is 67.8 Å². The molecule has 0 spiro atoms. The highest BCUT2D eigenvalue weighted by Gasteiger charge is 2.23. The lowest BCUT2D eigenvalue weighted by atomic mass is 10.3. The smallest absolute Gasteiger partial charge is 0.285 e. The summed E-state index contributed by atoms with van der Waals surface area (Å²) in [4.78, 5) is 0.0737. The van der Waals surface area contributed by atoms with Gasteiger partial charge in [-0.3, -0.25) is 0 Å². The van der Waals surface area contributed by atoms with Gasteiger partial charge in [-0.2, -0.15) is 8.42 Å². The van der Waals surface area contributed by atoms with E-state index in [0.717, 1.165) is 6.34 Å². The first kappa shape index (κ1) is 13.0. The minimum atomic E-state index is -3.67. The second-order valence-corrected chi connectivity index (χ2v) is 6.02. The first-order valence-electron chi connectivity index (χ1n) is 5.69. The van der Waals surface area contributed by atoms with Crippen LogP contribution < -0.4 is 10.1 Å². The zero-order valence-corrected chi connectivity index (χ0v) is 11.6. The van der Waals surface area contributed by atoms with Crippen molar-refractivity contribution in [2.24, 2.45) is 4.40 Å². The Labute approximate surface area is 120 Å². The van der Waals surface area contributed by atoms with E-state index in [-0.39, 0.29) is 4.90 Å². The van der Waals surface area contributed by atoms with Crippen LogP contribution in [0, 0.1) is 0 Å². The summed E-state index contributed by atoms with van der Waals surface area (Å²) >= 11 is 6.02. The van der Waals surface area contributed by atoms with E-state index in [1.807, 2.05) is 0 Å². The van der Waals surface area contributed by atoms with Gasteiger partial charge in [-0.05, 0) is 24.3 Å². The van der Waals surface area contributed by atoms with Gasteiger partial charge in [0.05, 0.1) is 5.02 Å². The molecule has 0 saturated heterocycles. The quantitative estimate of drug-likeness (QED) is 0.924. The number of rotatable bonds is 2. The monoisotopic (exact) mass is 308 g/mol. The van der Waals surface area contributed by atoms with E-state index in [1.165, 1.54) is 6.07 Å². The third-order valence-electron chi connectivity index (χ3n) is 2.72. The van der Waals surface area contributed by atoms with Crippen LogP contribution in [0.25, 0.3) is 0 Å². The van der Waals surface area contributed by atoms with E-state index in [2.05, 4.69) is 9.71 Å². The third kappa shape index (κ3) is 2.23. The highest BCUT2D eigenvalue weighted by molar-refractivity contribution is 7.90. The Morgan fingerprint density at radius 1 is 1.05 bits per heavy atom. The zero-order chi connectivity index (χ0) is 14.2. The van der Waals surface area contributed by atoms with Gasteiger partial charge in [-0.1, -0.05) is 29.8 Å². The summed E-state index contributed by atoms with van der Waals surface area (Å²) in [6, 6.07) is 11.7. The third-order valence-corrected chi connectivity index (χ3v) is 4.31. The minimum absolute atomic E-state index is 0.0737. The second-order valence-electron chi connectivity index (χ2n) is 4.02. The fourth-order valence-corrected chi connectivity index (χ4v) is 2.96. The van der Waals surface area contributed by atoms with E-state index in [1.54, 1.807) is 36.4 Å². The molecule has 20 heavy (non-hydrogen) atoms. The number of hydrogen-bond acceptors (Lipinski definition) is 4. The van der Waals surface area contributed by atoms with E-state index >= 15 is 0 Å². The Hall–Kier alpha value is -2.05. The normalized spacial score (nSPS) is 15.2. The van der Waals surface area contributed by atoms with Crippen molar-refractivity contribution in [1.29, 1.82) is 0 Å². The molecular weight excluding hydrogens is 300 g/mol. The van der Waals surface area contributed by atoms with Crippen molar-refractivity contribution in [3.05, 3.63) is 47.5 Å². The molecule has 5 nitrogen and oxygen atoms in total. The number of halogens is 1. The van der Waals surface area contributed by atoms with Crippen LogP contribution in [0.4, 0.5) is 5.69 Å². The minimum Gasteiger partial charge on any atom is -0.454 e. The average molecular weight is 309 g/mol. The number of para-hydroxylation sites is 2. The van der Waals surface area contributed by atoms with Crippen LogP contribution in [0.5, 0.6) is 11.5 Å². The Bertz CT molecular complexity index is 803. The number of anilines is 1. The van der Waals surface area contributed by atoms with Crippen molar-refractivity contribution in [2.45, 2.75) is 4.90 Å². The first-order chi connectivity index (χ1) is 9.58. The van der Waals surface area contributed by atoms with Gasteiger partial charge < -0.3 is 10.1 Å². The van der Waals surface area contributed by atoms with E-state index < -0.39 is 10.0 Å². The lowest BCUT2D eigenvalue weighted by molar-refractivity contribution is 0.483. The summed E-state index contributed by atoms with van der Waals surface area (Å²) in [5, 5.41) is 3.23. The standard InChI is InChI=1S/C13H9ClN2O3S/c14-9-4-1-2-5-10(9)19-11-6-3-7-12-13(11)15-8-16-20(12,17)18/h1-8H,(H,15,16). The first-order valence-corrected chi connectivity index (χ1v) is 7.50. The lowest BCUT2D eigenvalue weighted by Gasteiger charge is -2.16. The molecule has 0 aliphatic carbocycles. The van der Waals surface area contributed by atoms with Gasteiger partial charge in [0.15, 0.2) is 5.75 Å². The fourth-order valence-electron chi connectivity index (χ4n) is 1.82. The van der Waals surface area contributed by atoms with Gasteiger partial charge in [0.1, 0.15) is 22.7 Å². The van der Waals surface area contributed by atoms with Crippen LogP contribution in [0.15, 0.2) is 51.8 Å². The summed E-state index contributed by atoms with van der Waals surface area (Å²) in [6.45, 7) is 0. The molecule has 1 aliphatic heterocycles. The molecule has 0 unspecified atom stereocenters. The molecule has 102 valence electrons. The summed E-state index contributed by atoms with van der Waals surface area (Å²) in [5.74, 6) is 0.814. The van der Waals surface area contributed by atoms with Crippen LogP contribution in [0.2, 0.25) is 5.02 Å². The number of fused-ring (bicyclic) bond motifs is 1. The van der Waals surface area contributed by atoms with Gasteiger partial charge in [0.2, 0.25) is 0 Å². The molecule has 0 saturated carbocycles. The molecule has 7 heteroatoms. The highest BCUT2D eigenvalue weighted by atomic mass is 35.5. The maximum Gasteiger partial charge on any atom is 0.285 e. The Morgan fingerprint density at radius 3 is 2.60 bits per heavy atom. The van der Waals surface area contributed by atoms with Gasteiger partial charge in [-0.15, -0.1) is 4.40 Å². The van der Waals surface area contributed by atoms with Crippen molar-refractivity contribution < 1.29 is 13.2 Å². The van der Waals surface area contributed by atoms with Gasteiger partial charge in [0.25, 0.3) is 10.0 Å². The number of benzene rings is 2. The molecule has 3 rings (SSSR count). The molecule has 0 amide bonds. The highest BCUT2D eigenvalue weighted by Crippen LogP contribution is 2.38. The second kappa shape index (κ2) is 4.81. The molecule has 2 aromatic rings. The van der Waals surface area contributed by atoms with Crippen LogP contribution in [-0.2, 0) is 10.0 Å². The summed E-state index contributed by atoms with van der Waals surface area (Å²) in [5.41, 5.74) is 0.349. The van der Waals surface area contributed by atoms with Crippen molar-refractivity contribution in [2.75, 3.05) is 5.32 Å². The maximum atomic E-state index is 11.8. The molecular formula is C13H9ClN2O3S. The molecule has 1 N–H and O–H groups in total. The summed E-state index contributed by atoms with van der Waals surface area (Å²) < 4.78 is 32.8. The van der Waals surface area contributed by atoms with Crippen LogP contribution in [0.1, 0.15) is 0 Å². The molecule has 1 aliphatic rings. The summed E-state index contributed by atoms with van der Waals surface area (Å²) in [6.07, 6.45) is 1.12. The van der Waals surface area contributed by atoms with Crippen molar-refractivity contribution >= 4 is 33.7 Å². The molecule has 0 bridgehead atoms. The van der Waals surface area contributed by atoms with Crippen molar-refractivity contribution in [1.82, 2.24) is 0 Å². The molecule has 0 aromatic heterocycles. The van der Waals surface area contributed by atoms with E-state index in [4.69, 9.17) is 16.3 Å². The van der Waals surface area contributed by atoms with E-state index in [9.17, 15) is 8.42 Å². The van der Waals surface area contributed by atoms with Crippen LogP contribution in [-0.4, -0.2) is 14.8 Å². The Balaban J connectivity index is 2.08. The molecule has 1 heterocycles. The predicted octanol–water partition coefficient (Wildman–Crippen LogP) is 3.27. The Kier molecular flexibility index (Phi) is 3.11. The predicted molar refractivity (Wildman–Crippen MR) is 77.3 cm³/mol. The maximum absolute atomic E-state index is 11.8. The lowest BCUT2D eigenvalue weighted by Crippen LogP contribution is -2.12. The molecule has 0 radical (unpaired) electrons. The average Bonchev–Trinajstić information content (AvgIpc) is 2.42. The van der Waals surface area contributed by atoms with Gasteiger partial charge in [0, 0.05) is 0 Å². The van der Waals surface area contributed by atoms with Gasteiger partial charge >= 0.3 is 0 Å². The molecule has 0 atom stereocenters. The zero-order valence-electron chi connectivity index (χ0n) is 10.1. The van der Waals surface area contributed by atoms with Crippen molar-refractivity contribution in [3.8, 4) is 11.5 Å². The fraction of sp³-hybridized carbons (Fsp3) is 0. The largest absolute Gasteiger partial charge is 0.454 e. The Morgan fingerprint density at radius 2 is 1.80 bits per heavy atom. The number of nitrogens with zero attached hydrogens (tertiary/aromatic N) is 1.